The van der Waals surface area contributed by atoms with Gasteiger partial charge in [-0.25, -0.2) is 0 Å². The molecule has 1 aliphatic rings. The summed E-state index contributed by atoms with van der Waals surface area (Å²) in [6.45, 7) is 11.5. The largest absolute Gasteiger partial charge is 0.345 e. The van der Waals surface area contributed by atoms with Crippen molar-refractivity contribution in [1.29, 1.82) is 0 Å². The summed E-state index contributed by atoms with van der Waals surface area (Å²) in [7, 11) is 0. The smallest absolute Gasteiger partial charge is 0.0482 e. The van der Waals surface area contributed by atoms with Crippen LogP contribution in [-0.4, -0.2) is 41.2 Å². The molecule has 3 rings (SSSR count). The number of nitrogens with zero attached hydrogens (tertiary/aromatic N) is 2. The molecular formula is C19H29N3. The number of nitrogens with one attached hydrogen (secondary N) is 1. The number of hydrogen-bond acceptors (Lipinski definition) is 2. The summed E-state index contributed by atoms with van der Waals surface area (Å²) in [6.07, 6.45) is 2.48. The molecular weight excluding hydrogens is 270 g/mol. The lowest BCUT2D eigenvalue weighted by molar-refractivity contribution is 0.264. The van der Waals surface area contributed by atoms with E-state index in [1.165, 1.54) is 49.1 Å². The van der Waals surface area contributed by atoms with Gasteiger partial charge in [0.2, 0.25) is 0 Å². The van der Waals surface area contributed by atoms with Crippen LogP contribution in [-0.2, 0) is 6.54 Å². The second-order valence-corrected chi connectivity index (χ2v) is 6.91. The maximum Gasteiger partial charge on any atom is 0.0482 e. The molecule has 3 heteroatoms. The average Bonchev–Trinajstić information content (AvgIpc) is 2.70. The molecule has 120 valence electrons. The van der Waals surface area contributed by atoms with E-state index in [9.17, 15) is 0 Å². The summed E-state index contributed by atoms with van der Waals surface area (Å²) in [5.41, 5.74) is 2.75. The zero-order valence-corrected chi connectivity index (χ0v) is 14.2. The normalized spacial score (nSPS) is 23.8. The number of aryl methyl sites for hydroxylation is 2. The fourth-order valence-electron chi connectivity index (χ4n) is 3.78. The van der Waals surface area contributed by atoms with Gasteiger partial charge in [0.25, 0.3) is 0 Å². The Labute approximate surface area is 134 Å². The first-order valence-corrected chi connectivity index (χ1v) is 8.67. The summed E-state index contributed by atoms with van der Waals surface area (Å²) in [6, 6.07) is 12.3. The molecule has 0 bridgehead atoms. The van der Waals surface area contributed by atoms with Crippen molar-refractivity contribution >= 4 is 10.9 Å². The van der Waals surface area contributed by atoms with Crippen LogP contribution in [0.15, 0.2) is 30.3 Å². The van der Waals surface area contributed by atoms with Crippen LogP contribution < -0.4 is 5.32 Å². The lowest BCUT2D eigenvalue weighted by Gasteiger charge is -2.22. The van der Waals surface area contributed by atoms with Gasteiger partial charge >= 0.3 is 0 Å². The lowest BCUT2D eigenvalue weighted by Crippen LogP contribution is -2.38. The zero-order valence-electron chi connectivity index (χ0n) is 14.2. The Morgan fingerprint density at radius 1 is 1.14 bits per heavy atom. The van der Waals surface area contributed by atoms with Gasteiger partial charge < -0.3 is 14.8 Å². The highest BCUT2D eigenvalue weighted by Gasteiger charge is 2.17. The SMILES string of the molecule is Cc1cc2ccccc2n1CCCN1CCC(C)NC(C)C1. The van der Waals surface area contributed by atoms with Gasteiger partial charge in [-0.3, -0.25) is 0 Å². The van der Waals surface area contributed by atoms with Gasteiger partial charge in [0, 0.05) is 36.4 Å². The lowest BCUT2D eigenvalue weighted by atomic mass is 10.2. The van der Waals surface area contributed by atoms with Crippen LogP contribution >= 0.6 is 0 Å². The van der Waals surface area contributed by atoms with Crippen LogP contribution in [0.5, 0.6) is 0 Å². The monoisotopic (exact) mass is 299 g/mol. The van der Waals surface area contributed by atoms with Gasteiger partial charge in [-0.15, -0.1) is 0 Å². The summed E-state index contributed by atoms with van der Waals surface area (Å²) < 4.78 is 2.47. The van der Waals surface area contributed by atoms with Crippen molar-refractivity contribution in [3.63, 3.8) is 0 Å². The minimum absolute atomic E-state index is 0.603. The van der Waals surface area contributed by atoms with E-state index in [1.807, 2.05) is 0 Å². The quantitative estimate of drug-likeness (QED) is 0.933. The third-order valence-electron chi connectivity index (χ3n) is 4.85. The first-order valence-electron chi connectivity index (χ1n) is 8.67. The Morgan fingerprint density at radius 2 is 1.95 bits per heavy atom. The topological polar surface area (TPSA) is 20.2 Å². The second-order valence-electron chi connectivity index (χ2n) is 6.91. The molecule has 1 aromatic heterocycles. The van der Waals surface area contributed by atoms with E-state index < -0.39 is 0 Å². The molecule has 0 radical (unpaired) electrons. The van der Waals surface area contributed by atoms with Crippen LogP contribution in [0.1, 0.15) is 32.4 Å². The standard InChI is InChI=1S/C19H29N3/c1-15-9-12-21(14-16(2)20-15)10-6-11-22-17(3)13-18-7-4-5-8-19(18)22/h4-5,7-8,13,15-16,20H,6,9-12,14H2,1-3H3. The summed E-state index contributed by atoms with van der Waals surface area (Å²) in [4.78, 5) is 2.63. The average molecular weight is 299 g/mol. The number of benzene rings is 1. The number of rotatable bonds is 4. The minimum atomic E-state index is 0.603. The highest BCUT2D eigenvalue weighted by molar-refractivity contribution is 5.81. The molecule has 0 spiro atoms. The van der Waals surface area contributed by atoms with E-state index in [1.54, 1.807) is 0 Å². The van der Waals surface area contributed by atoms with Gasteiger partial charge in [0.15, 0.2) is 0 Å². The first-order chi connectivity index (χ1) is 10.6. The van der Waals surface area contributed by atoms with Gasteiger partial charge in [-0.1, -0.05) is 18.2 Å². The summed E-state index contributed by atoms with van der Waals surface area (Å²) >= 11 is 0. The van der Waals surface area contributed by atoms with Crippen molar-refractivity contribution in [2.45, 2.75) is 52.2 Å². The summed E-state index contributed by atoms with van der Waals surface area (Å²) in [5, 5.41) is 5.02. The minimum Gasteiger partial charge on any atom is -0.345 e. The molecule has 0 aliphatic carbocycles. The number of para-hydroxylation sites is 1. The van der Waals surface area contributed by atoms with E-state index in [4.69, 9.17) is 0 Å². The van der Waals surface area contributed by atoms with Gasteiger partial charge in [-0.2, -0.15) is 0 Å². The van der Waals surface area contributed by atoms with Crippen LogP contribution in [0.2, 0.25) is 0 Å². The van der Waals surface area contributed by atoms with Crippen LogP contribution in [0.3, 0.4) is 0 Å². The fourth-order valence-corrected chi connectivity index (χ4v) is 3.78. The van der Waals surface area contributed by atoms with Crippen molar-refractivity contribution in [3.8, 4) is 0 Å². The number of fused-ring (bicyclic) bond motifs is 1. The first kappa shape index (κ1) is 15.6. The summed E-state index contributed by atoms with van der Waals surface area (Å²) in [5.74, 6) is 0. The maximum atomic E-state index is 3.66. The molecule has 1 fully saturated rings. The van der Waals surface area contributed by atoms with Crippen LogP contribution in [0, 0.1) is 6.92 Å². The molecule has 2 aromatic rings. The third-order valence-corrected chi connectivity index (χ3v) is 4.85. The molecule has 1 aliphatic heterocycles. The molecule has 2 atom stereocenters. The molecule has 2 unspecified atom stereocenters. The maximum absolute atomic E-state index is 3.66. The van der Waals surface area contributed by atoms with E-state index >= 15 is 0 Å². The Bertz CT molecular complexity index is 616. The second kappa shape index (κ2) is 6.84. The van der Waals surface area contributed by atoms with Crippen LogP contribution in [0.25, 0.3) is 10.9 Å². The van der Waals surface area contributed by atoms with Crippen molar-refractivity contribution in [3.05, 3.63) is 36.0 Å². The molecule has 22 heavy (non-hydrogen) atoms. The van der Waals surface area contributed by atoms with Gasteiger partial charge in [-0.05, 0) is 64.2 Å². The van der Waals surface area contributed by atoms with E-state index in [2.05, 4.69) is 65.9 Å². The molecule has 1 aromatic carbocycles. The molecule has 0 amide bonds. The van der Waals surface area contributed by atoms with Gasteiger partial charge in [0.1, 0.15) is 0 Å². The Balaban J connectivity index is 1.59. The number of aromatic nitrogens is 1. The van der Waals surface area contributed by atoms with Crippen molar-refractivity contribution in [1.82, 2.24) is 14.8 Å². The third kappa shape index (κ3) is 3.53. The molecule has 1 N–H and O–H groups in total. The Hall–Kier alpha value is -1.32. The predicted molar refractivity (Wildman–Crippen MR) is 94.4 cm³/mol. The zero-order chi connectivity index (χ0) is 15.5. The highest BCUT2D eigenvalue weighted by Crippen LogP contribution is 2.19. The Morgan fingerprint density at radius 3 is 2.82 bits per heavy atom. The Kier molecular flexibility index (Phi) is 4.84. The predicted octanol–water partition coefficient (Wildman–Crippen LogP) is 3.41. The van der Waals surface area contributed by atoms with Gasteiger partial charge in [0.05, 0.1) is 0 Å². The fraction of sp³-hybridized carbons (Fsp3) is 0.579. The van der Waals surface area contributed by atoms with E-state index in [-0.39, 0.29) is 0 Å². The molecule has 2 heterocycles. The van der Waals surface area contributed by atoms with Crippen LogP contribution in [0.4, 0.5) is 0 Å². The highest BCUT2D eigenvalue weighted by atomic mass is 15.2. The van der Waals surface area contributed by atoms with E-state index in [0.29, 0.717) is 12.1 Å². The molecule has 0 saturated carbocycles. The number of hydrogen-bond donors (Lipinski definition) is 1. The molecule has 1 saturated heterocycles. The van der Waals surface area contributed by atoms with Crippen molar-refractivity contribution in [2.75, 3.05) is 19.6 Å². The van der Waals surface area contributed by atoms with E-state index in [0.717, 1.165) is 6.54 Å². The van der Waals surface area contributed by atoms with Crippen molar-refractivity contribution in [2.24, 2.45) is 0 Å². The molecule has 3 nitrogen and oxygen atoms in total. The van der Waals surface area contributed by atoms with Crippen molar-refractivity contribution < 1.29 is 0 Å².